The predicted molar refractivity (Wildman–Crippen MR) is 148 cm³/mol. The Hall–Kier alpha value is -4.27. The number of benzene rings is 3. The Kier molecular flexibility index (Phi) is 7.62. The molecule has 1 aliphatic heterocycles. The van der Waals surface area contributed by atoms with E-state index in [-0.39, 0.29) is 11.6 Å². The molecule has 1 aromatic heterocycles. The average Bonchev–Trinajstić information content (AvgIpc) is 3.39. The lowest BCUT2D eigenvalue weighted by atomic mass is 10.1. The van der Waals surface area contributed by atoms with Gasteiger partial charge in [0.05, 0.1) is 21.3 Å². The van der Waals surface area contributed by atoms with Crippen molar-refractivity contribution in [3.63, 3.8) is 0 Å². The van der Waals surface area contributed by atoms with E-state index in [9.17, 15) is 14.9 Å². The standard InChI is InChI=1S/C29H26ClN5O3/c30-26-14-5-4-13-25(26)27-21-28(34(31-27)23-11-6-12-24(20-23)35(37)38)29(36)33-18-16-32(17-19-33)15-7-10-22-8-2-1-3-9-22/h1-14,20-21H,15-19H2/b10-7+. The number of nitrogens with zero attached hydrogens (tertiary/aromatic N) is 5. The molecule has 3 aromatic carbocycles. The fourth-order valence-electron chi connectivity index (χ4n) is 4.47. The van der Waals surface area contributed by atoms with Crippen LogP contribution < -0.4 is 0 Å². The van der Waals surface area contributed by atoms with Crippen molar-refractivity contribution in [3.05, 3.63) is 117 Å². The summed E-state index contributed by atoms with van der Waals surface area (Å²) in [6.45, 7) is 3.43. The molecule has 0 radical (unpaired) electrons. The van der Waals surface area contributed by atoms with Gasteiger partial charge in [0.1, 0.15) is 5.69 Å². The number of aromatic nitrogens is 2. The second-order valence-corrected chi connectivity index (χ2v) is 9.40. The fourth-order valence-corrected chi connectivity index (χ4v) is 4.70. The molecule has 1 amide bonds. The third-order valence-corrected chi connectivity index (χ3v) is 6.83. The molecule has 8 nitrogen and oxygen atoms in total. The van der Waals surface area contributed by atoms with E-state index in [0.717, 1.165) is 25.2 Å². The van der Waals surface area contributed by atoms with Crippen molar-refractivity contribution >= 4 is 29.3 Å². The summed E-state index contributed by atoms with van der Waals surface area (Å²) in [6, 6.07) is 25.2. The number of rotatable bonds is 7. The van der Waals surface area contributed by atoms with Crippen LogP contribution in [0.3, 0.4) is 0 Å². The summed E-state index contributed by atoms with van der Waals surface area (Å²) in [4.78, 5) is 28.7. The zero-order chi connectivity index (χ0) is 26.5. The molecular weight excluding hydrogens is 502 g/mol. The minimum atomic E-state index is -0.463. The first kappa shape index (κ1) is 25.4. The van der Waals surface area contributed by atoms with Crippen molar-refractivity contribution in [1.82, 2.24) is 19.6 Å². The Morgan fingerprint density at radius 3 is 2.42 bits per heavy atom. The SMILES string of the molecule is O=C(c1cc(-c2ccccc2Cl)nn1-c1cccc([N+](=O)[O-])c1)N1CCN(C/C=C/c2ccccc2)CC1. The van der Waals surface area contributed by atoms with Gasteiger partial charge in [0.25, 0.3) is 11.6 Å². The number of halogens is 1. The van der Waals surface area contributed by atoms with Gasteiger partial charge in [-0.1, -0.05) is 78.4 Å². The van der Waals surface area contributed by atoms with Gasteiger partial charge in [-0.05, 0) is 23.8 Å². The van der Waals surface area contributed by atoms with Crippen LogP contribution in [0.1, 0.15) is 16.1 Å². The Bertz CT molecular complexity index is 1480. The van der Waals surface area contributed by atoms with E-state index in [2.05, 4.69) is 34.3 Å². The maximum absolute atomic E-state index is 13.7. The predicted octanol–water partition coefficient (Wildman–Crippen LogP) is 5.57. The van der Waals surface area contributed by atoms with Crippen molar-refractivity contribution < 1.29 is 9.72 Å². The maximum Gasteiger partial charge on any atom is 0.272 e. The van der Waals surface area contributed by atoms with Gasteiger partial charge < -0.3 is 4.90 Å². The molecule has 1 saturated heterocycles. The van der Waals surface area contributed by atoms with E-state index in [1.165, 1.54) is 16.8 Å². The Balaban J connectivity index is 1.37. The second-order valence-electron chi connectivity index (χ2n) is 8.99. The van der Waals surface area contributed by atoms with Crippen LogP contribution in [0.15, 0.2) is 91.0 Å². The third kappa shape index (κ3) is 5.66. The molecule has 0 N–H and O–H groups in total. The summed E-state index contributed by atoms with van der Waals surface area (Å²) < 4.78 is 1.48. The van der Waals surface area contributed by atoms with Crippen LogP contribution in [0.2, 0.25) is 5.02 Å². The Labute approximate surface area is 225 Å². The molecule has 4 aromatic rings. The topological polar surface area (TPSA) is 84.5 Å². The number of nitro groups is 1. The van der Waals surface area contributed by atoms with Crippen LogP contribution in [-0.4, -0.2) is 63.1 Å². The highest BCUT2D eigenvalue weighted by molar-refractivity contribution is 6.33. The van der Waals surface area contributed by atoms with Gasteiger partial charge >= 0.3 is 0 Å². The summed E-state index contributed by atoms with van der Waals surface area (Å²) in [5, 5.41) is 16.5. The Morgan fingerprint density at radius 1 is 0.947 bits per heavy atom. The molecule has 0 saturated carbocycles. The number of amides is 1. The number of hydrogen-bond acceptors (Lipinski definition) is 5. The quantitative estimate of drug-likeness (QED) is 0.232. The highest BCUT2D eigenvalue weighted by atomic mass is 35.5. The molecular formula is C29H26ClN5O3. The molecule has 0 unspecified atom stereocenters. The molecule has 1 aliphatic rings. The van der Waals surface area contributed by atoms with Crippen molar-refractivity contribution in [2.45, 2.75) is 0 Å². The molecule has 1 fully saturated rings. The first-order chi connectivity index (χ1) is 18.5. The highest BCUT2D eigenvalue weighted by Crippen LogP contribution is 2.29. The lowest BCUT2D eigenvalue weighted by molar-refractivity contribution is -0.384. The van der Waals surface area contributed by atoms with Crippen molar-refractivity contribution in [2.75, 3.05) is 32.7 Å². The summed E-state index contributed by atoms with van der Waals surface area (Å²) in [5.41, 5.74) is 3.05. The summed E-state index contributed by atoms with van der Waals surface area (Å²) in [7, 11) is 0. The van der Waals surface area contributed by atoms with Crippen LogP contribution in [0.5, 0.6) is 0 Å². The first-order valence-electron chi connectivity index (χ1n) is 12.3. The molecule has 0 aliphatic carbocycles. The Morgan fingerprint density at radius 2 is 1.68 bits per heavy atom. The smallest absolute Gasteiger partial charge is 0.272 e. The zero-order valence-corrected chi connectivity index (χ0v) is 21.4. The van der Waals surface area contributed by atoms with Crippen LogP contribution in [0.25, 0.3) is 23.0 Å². The molecule has 38 heavy (non-hydrogen) atoms. The largest absolute Gasteiger partial charge is 0.335 e. The van der Waals surface area contributed by atoms with Gasteiger partial charge in [-0.15, -0.1) is 0 Å². The minimum Gasteiger partial charge on any atom is -0.335 e. The lowest BCUT2D eigenvalue weighted by Crippen LogP contribution is -2.49. The van der Waals surface area contributed by atoms with Gasteiger partial charge in [0.15, 0.2) is 0 Å². The maximum atomic E-state index is 13.7. The van der Waals surface area contributed by atoms with Crippen LogP contribution in [0, 0.1) is 10.1 Å². The van der Waals surface area contributed by atoms with E-state index < -0.39 is 4.92 Å². The summed E-state index contributed by atoms with van der Waals surface area (Å²) in [6.07, 6.45) is 4.24. The fraction of sp³-hybridized carbons (Fsp3) is 0.172. The van der Waals surface area contributed by atoms with Gasteiger partial charge in [-0.2, -0.15) is 5.10 Å². The molecule has 5 rings (SSSR count). The van der Waals surface area contributed by atoms with Gasteiger partial charge in [0.2, 0.25) is 0 Å². The van der Waals surface area contributed by atoms with Crippen molar-refractivity contribution in [3.8, 4) is 16.9 Å². The molecule has 0 atom stereocenters. The van der Waals surface area contributed by atoms with E-state index in [1.807, 2.05) is 36.4 Å². The average molecular weight is 528 g/mol. The van der Waals surface area contributed by atoms with E-state index >= 15 is 0 Å². The number of nitro benzene ring substituents is 1. The van der Waals surface area contributed by atoms with Crippen LogP contribution in [-0.2, 0) is 0 Å². The van der Waals surface area contributed by atoms with E-state index in [0.29, 0.717) is 40.8 Å². The number of hydrogen-bond donors (Lipinski definition) is 0. The van der Waals surface area contributed by atoms with Gasteiger partial charge in [0, 0.05) is 50.4 Å². The molecule has 192 valence electrons. The molecule has 0 bridgehead atoms. The minimum absolute atomic E-state index is 0.0761. The van der Waals surface area contributed by atoms with Crippen molar-refractivity contribution in [1.29, 1.82) is 0 Å². The number of non-ortho nitro benzene ring substituents is 1. The summed E-state index contributed by atoms with van der Waals surface area (Å²) >= 11 is 6.41. The van der Waals surface area contributed by atoms with Crippen LogP contribution in [0.4, 0.5) is 5.69 Å². The monoisotopic (exact) mass is 527 g/mol. The van der Waals surface area contributed by atoms with Crippen molar-refractivity contribution in [2.24, 2.45) is 0 Å². The molecule has 0 spiro atoms. The van der Waals surface area contributed by atoms with Crippen LogP contribution >= 0.6 is 11.6 Å². The third-order valence-electron chi connectivity index (χ3n) is 6.50. The number of carbonyl (C=O) groups is 1. The highest BCUT2D eigenvalue weighted by Gasteiger charge is 2.27. The van der Waals surface area contributed by atoms with E-state index in [4.69, 9.17) is 11.6 Å². The molecule has 9 heteroatoms. The number of piperazine rings is 1. The van der Waals surface area contributed by atoms with E-state index in [1.54, 1.807) is 29.2 Å². The van der Waals surface area contributed by atoms with Gasteiger partial charge in [-0.25, -0.2) is 4.68 Å². The first-order valence-corrected chi connectivity index (χ1v) is 12.7. The second kappa shape index (κ2) is 11.4. The van der Waals surface area contributed by atoms with Gasteiger partial charge in [-0.3, -0.25) is 19.8 Å². The number of carbonyl (C=O) groups excluding carboxylic acids is 1. The molecule has 2 heterocycles. The summed E-state index contributed by atoms with van der Waals surface area (Å²) in [5.74, 6) is -0.179. The normalized spacial score (nSPS) is 14.2. The zero-order valence-electron chi connectivity index (χ0n) is 20.6. The lowest BCUT2D eigenvalue weighted by Gasteiger charge is -2.34.